The first-order valence-electron chi connectivity index (χ1n) is 4.89. The second-order valence-electron chi connectivity index (χ2n) is 3.68. The summed E-state index contributed by atoms with van der Waals surface area (Å²) in [4.78, 5) is 10.2. The van der Waals surface area contributed by atoms with Crippen LogP contribution in [0.5, 0.6) is 0 Å². The van der Waals surface area contributed by atoms with E-state index in [-0.39, 0.29) is 23.0 Å². The average molecular weight is 254 g/mol. The van der Waals surface area contributed by atoms with Crippen LogP contribution in [0.15, 0.2) is 43.0 Å². The van der Waals surface area contributed by atoms with Crippen LogP contribution >= 0.6 is 0 Å². The Kier molecular flexibility index (Phi) is 4.23. The third-order valence-electron chi connectivity index (χ3n) is 2.31. The third-order valence-corrected chi connectivity index (χ3v) is 2.31. The highest BCUT2D eigenvalue weighted by Gasteiger charge is 2.07. The number of nitro benzene ring substituents is 1. The van der Waals surface area contributed by atoms with Crippen LogP contribution in [0.1, 0.15) is 5.56 Å². The van der Waals surface area contributed by atoms with Gasteiger partial charge in [-0.15, -0.1) is 0 Å². The molecule has 0 amide bonds. The van der Waals surface area contributed by atoms with Crippen molar-refractivity contribution in [2.24, 2.45) is 7.05 Å². The lowest BCUT2D eigenvalue weighted by atomic mass is 10.2. The Labute approximate surface area is 105 Å². The molecule has 17 heavy (non-hydrogen) atoms. The number of hydrogen-bond acceptors (Lipinski definition) is 2. The SMILES string of the molecule is C[n+]1ccn(Cc2cccc([N+](=O)[O-])c2)c1.[Cl-]. The van der Waals surface area contributed by atoms with Gasteiger partial charge in [-0.2, -0.15) is 0 Å². The van der Waals surface area contributed by atoms with Crippen LogP contribution in [0.4, 0.5) is 5.69 Å². The zero-order valence-electron chi connectivity index (χ0n) is 9.28. The van der Waals surface area contributed by atoms with E-state index in [0.717, 1.165) is 5.56 Å². The van der Waals surface area contributed by atoms with Crippen LogP contribution < -0.4 is 17.0 Å². The zero-order valence-corrected chi connectivity index (χ0v) is 10.0. The number of rotatable bonds is 3. The number of imidazole rings is 1. The van der Waals surface area contributed by atoms with Crippen molar-refractivity contribution in [1.82, 2.24) is 4.57 Å². The van der Waals surface area contributed by atoms with Gasteiger partial charge in [0.25, 0.3) is 5.69 Å². The van der Waals surface area contributed by atoms with Gasteiger partial charge in [-0.05, 0) is 0 Å². The van der Waals surface area contributed by atoms with Gasteiger partial charge in [0.05, 0.1) is 12.0 Å². The normalized spacial score (nSPS) is 9.71. The van der Waals surface area contributed by atoms with Gasteiger partial charge in [0.1, 0.15) is 18.9 Å². The number of non-ortho nitro benzene ring substituents is 1. The second-order valence-corrected chi connectivity index (χ2v) is 3.68. The predicted molar refractivity (Wildman–Crippen MR) is 57.8 cm³/mol. The van der Waals surface area contributed by atoms with Crippen molar-refractivity contribution in [3.05, 3.63) is 58.7 Å². The van der Waals surface area contributed by atoms with Crippen molar-refractivity contribution < 1.29 is 21.9 Å². The summed E-state index contributed by atoms with van der Waals surface area (Å²) >= 11 is 0. The molecule has 0 atom stereocenters. The van der Waals surface area contributed by atoms with Crippen molar-refractivity contribution in [2.75, 3.05) is 0 Å². The smallest absolute Gasteiger partial charge is 0.269 e. The molecule has 0 saturated carbocycles. The summed E-state index contributed by atoms with van der Waals surface area (Å²) in [7, 11) is 1.93. The van der Waals surface area contributed by atoms with Gasteiger partial charge < -0.3 is 12.4 Å². The largest absolute Gasteiger partial charge is 1.00 e. The molecule has 0 saturated heterocycles. The monoisotopic (exact) mass is 253 g/mol. The van der Waals surface area contributed by atoms with Gasteiger partial charge in [-0.1, -0.05) is 12.1 Å². The van der Waals surface area contributed by atoms with E-state index in [2.05, 4.69) is 0 Å². The van der Waals surface area contributed by atoms with Crippen LogP contribution in [0.3, 0.4) is 0 Å². The van der Waals surface area contributed by atoms with Crippen molar-refractivity contribution in [1.29, 1.82) is 0 Å². The Morgan fingerprint density at radius 3 is 2.82 bits per heavy atom. The molecule has 1 aromatic heterocycles. The Morgan fingerprint density at radius 2 is 2.24 bits per heavy atom. The maximum Gasteiger partial charge on any atom is 0.269 e. The maximum absolute atomic E-state index is 10.6. The summed E-state index contributed by atoms with van der Waals surface area (Å²) in [6.45, 7) is 0.641. The van der Waals surface area contributed by atoms with E-state index in [4.69, 9.17) is 0 Å². The molecule has 0 radical (unpaired) electrons. The molecule has 0 bridgehead atoms. The van der Waals surface area contributed by atoms with E-state index in [1.165, 1.54) is 6.07 Å². The average Bonchev–Trinajstić information content (AvgIpc) is 2.64. The predicted octanol–water partition coefficient (Wildman–Crippen LogP) is -1.73. The molecule has 2 rings (SSSR count). The fraction of sp³-hybridized carbons (Fsp3) is 0.182. The molecule has 0 N–H and O–H groups in total. The number of aromatic nitrogens is 2. The van der Waals surface area contributed by atoms with Crippen LogP contribution in [0, 0.1) is 10.1 Å². The van der Waals surface area contributed by atoms with E-state index < -0.39 is 0 Å². The van der Waals surface area contributed by atoms with Gasteiger partial charge in [-0.25, -0.2) is 9.13 Å². The Hall–Kier alpha value is -1.88. The summed E-state index contributed by atoms with van der Waals surface area (Å²) in [5, 5.41) is 10.6. The van der Waals surface area contributed by atoms with E-state index in [1.807, 2.05) is 41.0 Å². The van der Waals surface area contributed by atoms with Gasteiger partial charge in [0.2, 0.25) is 6.33 Å². The highest BCUT2D eigenvalue weighted by Crippen LogP contribution is 2.13. The molecule has 0 aliphatic carbocycles. The number of hydrogen-bond donors (Lipinski definition) is 0. The quantitative estimate of drug-likeness (QED) is 0.371. The summed E-state index contributed by atoms with van der Waals surface area (Å²) in [5.41, 5.74) is 1.06. The number of benzene rings is 1. The number of nitro groups is 1. The Bertz CT molecular complexity index is 525. The zero-order chi connectivity index (χ0) is 11.5. The molecule has 6 heteroatoms. The first-order valence-corrected chi connectivity index (χ1v) is 4.89. The molecule has 0 aliphatic heterocycles. The van der Waals surface area contributed by atoms with E-state index in [1.54, 1.807) is 12.1 Å². The molecular formula is C11H12ClN3O2. The molecule has 0 spiro atoms. The minimum atomic E-state index is -0.376. The number of aryl methyl sites for hydroxylation is 1. The fourth-order valence-corrected chi connectivity index (χ4v) is 1.57. The standard InChI is InChI=1S/C11H12N3O2.ClH/c1-12-5-6-13(9-12)8-10-3-2-4-11(7-10)14(15)16;/h2-7,9H,8H2,1H3;1H/q+1;/p-1. The lowest BCUT2D eigenvalue weighted by Crippen LogP contribution is -3.00. The second kappa shape index (κ2) is 5.45. The van der Waals surface area contributed by atoms with E-state index in [0.29, 0.717) is 6.54 Å². The minimum absolute atomic E-state index is 0. The topological polar surface area (TPSA) is 52.0 Å². The van der Waals surface area contributed by atoms with Crippen LogP contribution in [-0.4, -0.2) is 9.49 Å². The van der Waals surface area contributed by atoms with Gasteiger partial charge in [0.15, 0.2) is 0 Å². The molecule has 5 nitrogen and oxygen atoms in total. The number of halogens is 1. The Morgan fingerprint density at radius 1 is 1.47 bits per heavy atom. The first-order chi connectivity index (χ1) is 7.65. The summed E-state index contributed by atoms with van der Waals surface area (Å²) < 4.78 is 3.90. The van der Waals surface area contributed by atoms with Gasteiger partial charge in [0, 0.05) is 17.7 Å². The van der Waals surface area contributed by atoms with Crippen molar-refractivity contribution >= 4 is 5.69 Å². The van der Waals surface area contributed by atoms with Crippen molar-refractivity contribution in [3.63, 3.8) is 0 Å². The highest BCUT2D eigenvalue weighted by molar-refractivity contribution is 5.34. The lowest BCUT2D eigenvalue weighted by Gasteiger charge is -1.97. The summed E-state index contributed by atoms with van der Waals surface area (Å²) in [6.07, 6.45) is 5.79. The minimum Gasteiger partial charge on any atom is -1.00 e. The maximum atomic E-state index is 10.6. The summed E-state index contributed by atoms with van der Waals surface area (Å²) in [6, 6.07) is 6.68. The summed E-state index contributed by atoms with van der Waals surface area (Å²) in [5.74, 6) is 0. The molecule has 0 fully saturated rings. The first kappa shape index (κ1) is 13.2. The molecule has 90 valence electrons. The van der Waals surface area contributed by atoms with E-state index >= 15 is 0 Å². The molecule has 1 aromatic carbocycles. The third kappa shape index (κ3) is 3.29. The highest BCUT2D eigenvalue weighted by atomic mass is 35.5. The fourth-order valence-electron chi connectivity index (χ4n) is 1.57. The molecule has 1 heterocycles. The van der Waals surface area contributed by atoms with Crippen molar-refractivity contribution in [2.45, 2.75) is 6.54 Å². The van der Waals surface area contributed by atoms with Gasteiger partial charge >= 0.3 is 0 Å². The van der Waals surface area contributed by atoms with Gasteiger partial charge in [-0.3, -0.25) is 10.1 Å². The van der Waals surface area contributed by atoms with Crippen LogP contribution in [0.25, 0.3) is 0 Å². The van der Waals surface area contributed by atoms with Crippen molar-refractivity contribution in [3.8, 4) is 0 Å². The molecule has 2 aromatic rings. The Balaban J connectivity index is 0.00000144. The lowest BCUT2D eigenvalue weighted by molar-refractivity contribution is -0.671. The van der Waals surface area contributed by atoms with E-state index in [9.17, 15) is 10.1 Å². The van der Waals surface area contributed by atoms with Crippen LogP contribution in [0.2, 0.25) is 0 Å². The molecule has 0 aliphatic rings. The molecule has 0 unspecified atom stereocenters. The molecular weight excluding hydrogens is 242 g/mol. The number of nitrogens with zero attached hydrogens (tertiary/aromatic N) is 3. The van der Waals surface area contributed by atoms with Crippen LogP contribution in [-0.2, 0) is 13.6 Å².